The van der Waals surface area contributed by atoms with E-state index in [1.165, 1.54) is 0 Å². The van der Waals surface area contributed by atoms with Gasteiger partial charge in [-0.3, -0.25) is 9.11 Å². The zero-order valence-electron chi connectivity index (χ0n) is 8.17. The van der Waals surface area contributed by atoms with Gasteiger partial charge in [0, 0.05) is 0 Å². The second-order valence-corrected chi connectivity index (χ2v) is 5.07. The van der Waals surface area contributed by atoms with Gasteiger partial charge in [0.1, 0.15) is 0 Å². The Morgan fingerprint density at radius 1 is 0.917 bits per heavy atom. The Balaban J connectivity index is -0.000000167. The predicted molar refractivity (Wildman–Crippen MR) is 45.4 cm³/mol. The zero-order chi connectivity index (χ0) is 9.12. The molecule has 12 heavy (non-hydrogen) atoms. The van der Waals surface area contributed by atoms with Gasteiger partial charge in [0.25, 0.3) is 20.2 Å². The first-order valence-corrected chi connectivity index (χ1v) is 5.83. The summed E-state index contributed by atoms with van der Waals surface area (Å²) in [7, 11) is -8.24. The summed E-state index contributed by atoms with van der Waals surface area (Å²) < 4.78 is 56.2. The van der Waals surface area contributed by atoms with Gasteiger partial charge in [-0.25, -0.2) is 0 Å². The third kappa shape index (κ3) is 13.7. The molecular weight excluding hydrogens is 236 g/mol. The van der Waals surface area contributed by atoms with Crippen molar-refractivity contribution in [3.05, 3.63) is 0 Å². The van der Waals surface area contributed by atoms with E-state index >= 15 is 0 Å². The quantitative estimate of drug-likeness (QED) is 0.486. The summed E-state index contributed by atoms with van der Waals surface area (Å²) >= 11 is 0. The van der Waals surface area contributed by atoms with Gasteiger partial charge in [0.05, 0.1) is 11.5 Å². The van der Waals surface area contributed by atoms with Crippen molar-refractivity contribution < 1.29 is 28.8 Å². The van der Waals surface area contributed by atoms with Crippen molar-refractivity contribution in [1.29, 1.82) is 0 Å². The van der Waals surface area contributed by atoms with Gasteiger partial charge in [-0.15, -0.1) is 0 Å². The molecule has 0 aromatic heterocycles. The Kier molecular flexibility index (Phi) is 7.43. The fourth-order valence-corrected chi connectivity index (χ4v) is 1.62. The first-order chi connectivity index (χ1) is 4.71. The third-order valence-electron chi connectivity index (χ3n) is 0.805. The maximum absolute atomic E-state index is 10.00. The second-order valence-electron chi connectivity index (χ2n) is 1.93. The van der Waals surface area contributed by atoms with Crippen LogP contribution in [0.25, 0.3) is 0 Å². The zero-order valence-corrected chi connectivity index (χ0v) is 10.0. The molecule has 0 saturated heterocycles. The van der Waals surface area contributed by atoms with Crippen molar-refractivity contribution in [3.63, 3.8) is 0 Å². The van der Waals surface area contributed by atoms with Crippen LogP contribution in [-0.4, -0.2) is 75.2 Å². The van der Waals surface area contributed by atoms with Crippen LogP contribution in [0.1, 0.15) is 9.27 Å². The number of rotatable bonds is 4. The van der Waals surface area contributed by atoms with E-state index < -0.39 is 31.7 Å². The molecule has 0 aliphatic rings. The minimum absolute atomic E-state index is 0. The molecule has 0 heterocycles. The summed E-state index contributed by atoms with van der Waals surface area (Å²) in [6.07, 6.45) is -0.308. The smallest absolute Gasteiger partial charge is 1.00 e. The Bertz CT molecular complexity index is 278. The largest absolute Gasteiger partial charge is 2.00 e. The molecule has 0 saturated carbocycles. The van der Waals surface area contributed by atoms with Crippen molar-refractivity contribution in [3.8, 4) is 0 Å². The molecule has 6 nitrogen and oxygen atoms in total. The van der Waals surface area contributed by atoms with E-state index in [-0.39, 0.29) is 47.0 Å². The maximum atomic E-state index is 10.00. The third-order valence-corrected chi connectivity index (χ3v) is 2.41. The van der Waals surface area contributed by atoms with Gasteiger partial charge in [0.15, 0.2) is 0 Å². The van der Waals surface area contributed by atoms with Crippen LogP contribution in [0.2, 0.25) is 0 Å². The molecule has 0 rings (SSSR count). The van der Waals surface area contributed by atoms with Crippen LogP contribution in [0, 0.1) is 0 Å². The SMILES string of the molecule is O=S(=O)(O)CCCS(=O)(=O)O.[Ca+2].[H-].[H-]. The summed E-state index contributed by atoms with van der Waals surface area (Å²) in [5, 5.41) is 0. The van der Waals surface area contributed by atoms with Crippen LogP contribution in [0.5, 0.6) is 0 Å². The van der Waals surface area contributed by atoms with Crippen LogP contribution in [0.15, 0.2) is 0 Å². The molecule has 0 aromatic carbocycles. The summed E-state index contributed by atoms with van der Waals surface area (Å²) in [6, 6.07) is 0. The average molecular weight is 246 g/mol. The molecule has 0 aliphatic heterocycles. The van der Waals surface area contributed by atoms with E-state index in [1.807, 2.05) is 0 Å². The van der Waals surface area contributed by atoms with E-state index in [2.05, 4.69) is 0 Å². The monoisotopic (exact) mass is 246 g/mol. The van der Waals surface area contributed by atoms with E-state index in [1.54, 1.807) is 0 Å². The minimum Gasteiger partial charge on any atom is -1.00 e. The fraction of sp³-hybridized carbons (Fsp3) is 1.00. The number of hydrogen-bond donors (Lipinski definition) is 2. The van der Waals surface area contributed by atoms with E-state index in [4.69, 9.17) is 9.11 Å². The molecule has 0 radical (unpaired) electrons. The Hall–Kier alpha value is 1.08. The summed E-state index contributed by atoms with van der Waals surface area (Å²) in [5.74, 6) is -1.32. The van der Waals surface area contributed by atoms with Crippen molar-refractivity contribution in [1.82, 2.24) is 0 Å². The van der Waals surface area contributed by atoms with Crippen molar-refractivity contribution >= 4 is 58.0 Å². The second kappa shape index (κ2) is 5.74. The first-order valence-electron chi connectivity index (χ1n) is 2.61. The van der Waals surface area contributed by atoms with Crippen LogP contribution in [0.3, 0.4) is 0 Å². The minimum atomic E-state index is -4.12. The van der Waals surface area contributed by atoms with Gasteiger partial charge < -0.3 is 2.85 Å². The summed E-state index contributed by atoms with van der Waals surface area (Å²) in [5.41, 5.74) is 0. The normalized spacial score (nSPS) is 12.2. The Morgan fingerprint density at radius 2 is 1.17 bits per heavy atom. The molecule has 0 atom stereocenters. The summed E-state index contributed by atoms with van der Waals surface area (Å²) in [6.45, 7) is 0. The average Bonchev–Trinajstić information content (AvgIpc) is 1.55. The molecule has 0 aromatic rings. The van der Waals surface area contributed by atoms with E-state index in [9.17, 15) is 16.8 Å². The van der Waals surface area contributed by atoms with Crippen molar-refractivity contribution in [2.45, 2.75) is 6.42 Å². The molecule has 0 amide bonds. The van der Waals surface area contributed by atoms with Gasteiger partial charge in [-0.2, -0.15) is 16.8 Å². The molecule has 72 valence electrons. The molecule has 2 N–H and O–H groups in total. The first kappa shape index (κ1) is 15.5. The molecule has 0 fully saturated rings. The number of hydrogen-bond acceptors (Lipinski definition) is 4. The van der Waals surface area contributed by atoms with Crippen LogP contribution in [-0.2, 0) is 20.2 Å². The molecule has 0 aliphatic carbocycles. The van der Waals surface area contributed by atoms with Crippen LogP contribution in [0.4, 0.5) is 0 Å². The Morgan fingerprint density at radius 3 is 1.33 bits per heavy atom. The van der Waals surface area contributed by atoms with Crippen molar-refractivity contribution in [2.24, 2.45) is 0 Å². The fourth-order valence-electron chi connectivity index (χ4n) is 0.424. The molecule has 0 bridgehead atoms. The molecule has 9 heteroatoms. The Labute approximate surface area is 104 Å². The summed E-state index contributed by atoms with van der Waals surface area (Å²) in [4.78, 5) is 0. The predicted octanol–water partition coefficient (Wildman–Crippen LogP) is -1.00. The van der Waals surface area contributed by atoms with Crippen molar-refractivity contribution in [2.75, 3.05) is 11.5 Å². The molecule has 0 spiro atoms. The van der Waals surface area contributed by atoms with E-state index in [0.717, 1.165) is 0 Å². The van der Waals surface area contributed by atoms with E-state index in [0.29, 0.717) is 0 Å². The van der Waals surface area contributed by atoms with Crippen LogP contribution < -0.4 is 0 Å². The molecule has 0 unspecified atom stereocenters. The standard InChI is InChI=1S/C3H8O6S2.Ca.2H/c4-10(5,6)2-1-3-11(7,8)9;;;/h1-3H2,(H,4,5,6)(H,7,8,9);;;/q;+2;2*-1. The van der Waals surface area contributed by atoms with Gasteiger partial charge in [-0.1, -0.05) is 0 Å². The van der Waals surface area contributed by atoms with Gasteiger partial charge in [-0.05, 0) is 6.42 Å². The molecular formula is C3H10CaO6S2. The topological polar surface area (TPSA) is 109 Å². The van der Waals surface area contributed by atoms with Gasteiger partial charge >= 0.3 is 37.7 Å². The van der Waals surface area contributed by atoms with Crippen LogP contribution >= 0.6 is 0 Å². The maximum Gasteiger partial charge on any atom is 2.00 e. The van der Waals surface area contributed by atoms with Gasteiger partial charge in [0.2, 0.25) is 0 Å².